The number of thiazole rings is 1. The Kier molecular flexibility index (Phi) is 3.80. The first-order valence-electron chi connectivity index (χ1n) is 5.68. The molecule has 0 radical (unpaired) electrons. The number of hydrogen-bond acceptors (Lipinski definition) is 4. The minimum atomic E-state index is -4.41. The lowest BCUT2D eigenvalue weighted by Crippen LogP contribution is -2.10. The minimum absolute atomic E-state index is 0.0277. The van der Waals surface area contributed by atoms with E-state index in [9.17, 15) is 18.0 Å². The fourth-order valence-electron chi connectivity index (χ4n) is 1.82. The molecule has 3 nitrogen and oxygen atoms in total. The molecule has 2 N–H and O–H groups in total. The summed E-state index contributed by atoms with van der Waals surface area (Å²) in [5, 5.41) is 2.02. The molecule has 7 heteroatoms. The molecule has 1 heterocycles. The number of halogens is 3. The van der Waals surface area contributed by atoms with Crippen molar-refractivity contribution >= 4 is 22.3 Å². The molecule has 2 aromatic rings. The van der Waals surface area contributed by atoms with Gasteiger partial charge >= 0.3 is 6.18 Å². The first-order chi connectivity index (χ1) is 9.27. The van der Waals surface area contributed by atoms with Crippen molar-refractivity contribution in [2.24, 2.45) is 0 Å². The fourth-order valence-corrected chi connectivity index (χ4v) is 2.38. The monoisotopic (exact) mass is 300 g/mol. The highest BCUT2D eigenvalue weighted by atomic mass is 32.1. The zero-order chi connectivity index (χ0) is 14.9. The van der Waals surface area contributed by atoms with E-state index in [2.05, 4.69) is 4.98 Å². The largest absolute Gasteiger partial charge is 0.416 e. The molecule has 0 spiro atoms. The molecule has 0 bridgehead atoms. The van der Waals surface area contributed by atoms with Crippen molar-refractivity contribution in [1.82, 2.24) is 4.98 Å². The molecular weight excluding hydrogens is 289 g/mol. The third kappa shape index (κ3) is 3.16. The van der Waals surface area contributed by atoms with Gasteiger partial charge in [0.25, 0.3) is 0 Å². The molecule has 0 fully saturated rings. The van der Waals surface area contributed by atoms with Crippen molar-refractivity contribution in [3.8, 4) is 0 Å². The zero-order valence-corrected chi connectivity index (χ0v) is 11.3. The molecular formula is C13H11F3N2OS. The average Bonchev–Trinajstić information content (AvgIpc) is 2.73. The highest BCUT2D eigenvalue weighted by Gasteiger charge is 2.31. The molecule has 106 valence electrons. The number of nitrogens with zero attached hydrogens (tertiary/aromatic N) is 1. The Morgan fingerprint density at radius 1 is 1.40 bits per heavy atom. The number of carbonyl (C=O) groups is 1. The van der Waals surface area contributed by atoms with E-state index in [1.807, 2.05) is 0 Å². The van der Waals surface area contributed by atoms with Gasteiger partial charge < -0.3 is 5.73 Å². The van der Waals surface area contributed by atoms with Crippen LogP contribution in [0.4, 0.5) is 18.3 Å². The maximum atomic E-state index is 12.5. The summed E-state index contributed by atoms with van der Waals surface area (Å²) < 4.78 is 37.6. The lowest BCUT2D eigenvalue weighted by atomic mass is 9.99. The van der Waals surface area contributed by atoms with Gasteiger partial charge in [0, 0.05) is 10.9 Å². The number of carbonyl (C=O) groups excluding carboxylic acids is 1. The summed E-state index contributed by atoms with van der Waals surface area (Å²) in [6.07, 6.45) is -4.38. The van der Waals surface area contributed by atoms with Crippen LogP contribution in [0.25, 0.3) is 0 Å². The van der Waals surface area contributed by atoms with Gasteiger partial charge in [0.05, 0.1) is 17.7 Å². The molecule has 0 atom stereocenters. The van der Waals surface area contributed by atoms with E-state index in [0.29, 0.717) is 16.4 Å². The number of nitrogens with two attached hydrogens (primary N) is 1. The topological polar surface area (TPSA) is 56.0 Å². The number of nitrogen functional groups attached to an aromatic ring is 1. The van der Waals surface area contributed by atoms with Gasteiger partial charge in [0.1, 0.15) is 0 Å². The van der Waals surface area contributed by atoms with Gasteiger partial charge in [-0.2, -0.15) is 13.2 Å². The summed E-state index contributed by atoms with van der Waals surface area (Å²) in [7, 11) is 0. The SMILES string of the molecule is Cc1cc(C(F)(F)F)ccc1C(=O)Cc1csc(N)n1. The maximum Gasteiger partial charge on any atom is 0.416 e. The Balaban J connectivity index is 2.22. The molecule has 0 aliphatic carbocycles. The number of alkyl halides is 3. The van der Waals surface area contributed by atoms with E-state index >= 15 is 0 Å². The lowest BCUT2D eigenvalue weighted by Gasteiger charge is -2.10. The average molecular weight is 300 g/mol. The highest BCUT2D eigenvalue weighted by Crippen LogP contribution is 2.30. The number of benzene rings is 1. The second-order valence-corrected chi connectivity index (χ2v) is 5.19. The summed E-state index contributed by atoms with van der Waals surface area (Å²) in [6, 6.07) is 3.09. The van der Waals surface area contributed by atoms with Crippen LogP contribution in [0.3, 0.4) is 0 Å². The molecule has 1 aromatic heterocycles. The Morgan fingerprint density at radius 3 is 2.60 bits per heavy atom. The van der Waals surface area contributed by atoms with Gasteiger partial charge in [0.15, 0.2) is 10.9 Å². The lowest BCUT2D eigenvalue weighted by molar-refractivity contribution is -0.137. The van der Waals surface area contributed by atoms with Crippen molar-refractivity contribution in [2.45, 2.75) is 19.5 Å². The molecule has 0 amide bonds. The van der Waals surface area contributed by atoms with Crippen LogP contribution < -0.4 is 5.73 Å². The number of aryl methyl sites for hydroxylation is 1. The number of Topliss-reactive ketones (excluding diaryl/α,β-unsaturated/α-hetero) is 1. The molecule has 1 aromatic carbocycles. The predicted octanol–water partition coefficient (Wildman–Crippen LogP) is 3.48. The van der Waals surface area contributed by atoms with Crippen LogP contribution in [-0.2, 0) is 12.6 Å². The van der Waals surface area contributed by atoms with E-state index in [1.54, 1.807) is 5.38 Å². The van der Waals surface area contributed by atoms with Gasteiger partial charge in [-0.1, -0.05) is 6.07 Å². The van der Waals surface area contributed by atoms with Crippen molar-refractivity contribution < 1.29 is 18.0 Å². The second kappa shape index (κ2) is 5.24. The molecule has 0 unspecified atom stereocenters. The van der Waals surface area contributed by atoms with E-state index < -0.39 is 11.7 Å². The Labute approximate surface area is 117 Å². The van der Waals surface area contributed by atoms with Crippen molar-refractivity contribution in [2.75, 3.05) is 5.73 Å². The van der Waals surface area contributed by atoms with Crippen LogP contribution in [0.1, 0.15) is 27.2 Å². The molecule has 20 heavy (non-hydrogen) atoms. The molecule has 0 aliphatic rings. The van der Waals surface area contributed by atoms with Crippen molar-refractivity contribution in [3.63, 3.8) is 0 Å². The van der Waals surface area contributed by atoms with Crippen LogP contribution >= 0.6 is 11.3 Å². The summed E-state index contributed by atoms with van der Waals surface area (Å²) >= 11 is 1.22. The van der Waals surface area contributed by atoms with Crippen LogP contribution in [-0.4, -0.2) is 10.8 Å². The molecule has 2 rings (SSSR count). The van der Waals surface area contributed by atoms with Crippen LogP contribution in [0, 0.1) is 6.92 Å². The predicted molar refractivity (Wildman–Crippen MR) is 70.7 cm³/mol. The molecule has 0 saturated carbocycles. The third-order valence-electron chi connectivity index (χ3n) is 2.77. The molecule has 0 aliphatic heterocycles. The smallest absolute Gasteiger partial charge is 0.375 e. The van der Waals surface area contributed by atoms with Gasteiger partial charge in [-0.15, -0.1) is 11.3 Å². The van der Waals surface area contributed by atoms with E-state index in [-0.39, 0.29) is 17.8 Å². The highest BCUT2D eigenvalue weighted by molar-refractivity contribution is 7.13. The molecule has 0 saturated heterocycles. The normalized spacial score (nSPS) is 11.6. The van der Waals surface area contributed by atoms with Crippen molar-refractivity contribution in [1.29, 1.82) is 0 Å². The standard InChI is InChI=1S/C13H11F3N2OS/c1-7-4-8(13(14,15)16)2-3-10(7)11(19)5-9-6-20-12(17)18-9/h2-4,6H,5H2,1H3,(H2,17,18). The summed E-state index contributed by atoms with van der Waals surface area (Å²) in [5.41, 5.74) is 5.79. The van der Waals surface area contributed by atoms with Gasteiger partial charge in [-0.25, -0.2) is 4.98 Å². The first-order valence-corrected chi connectivity index (χ1v) is 6.56. The number of anilines is 1. The van der Waals surface area contributed by atoms with Crippen LogP contribution in [0.2, 0.25) is 0 Å². The quantitative estimate of drug-likeness (QED) is 0.883. The van der Waals surface area contributed by atoms with Crippen LogP contribution in [0.5, 0.6) is 0 Å². The number of aromatic nitrogens is 1. The zero-order valence-electron chi connectivity index (χ0n) is 10.5. The van der Waals surface area contributed by atoms with Crippen LogP contribution in [0.15, 0.2) is 23.6 Å². The number of hydrogen-bond donors (Lipinski definition) is 1. The fraction of sp³-hybridized carbons (Fsp3) is 0.231. The summed E-state index contributed by atoms with van der Waals surface area (Å²) in [4.78, 5) is 16.0. The summed E-state index contributed by atoms with van der Waals surface area (Å²) in [5.74, 6) is -0.276. The number of ketones is 1. The summed E-state index contributed by atoms with van der Waals surface area (Å²) in [6.45, 7) is 1.48. The second-order valence-electron chi connectivity index (χ2n) is 4.30. The van der Waals surface area contributed by atoms with Gasteiger partial charge in [-0.05, 0) is 24.6 Å². The first kappa shape index (κ1) is 14.5. The Morgan fingerprint density at radius 2 is 2.10 bits per heavy atom. The Bertz CT molecular complexity index is 649. The maximum absolute atomic E-state index is 12.5. The number of rotatable bonds is 3. The van der Waals surface area contributed by atoms with Crippen molar-refractivity contribution in [3.05, 3.63) is 46.0 Å². The van der Waals surface area contributed by atoms with Gasteiger partial charge in [0.2, 0.25) is 0 Å². The van der Waals surface area contributed by atoms with E-state index in [1.165, 1.54) is 24.3 Å². The Hall–Kier alpha value is -1.89. The van der Waals surface area contributed by atoms with E-state index in [0.717, 1.165) is 12.1 Å². The van der Waals surface area contributed by atoms with E-state index in [4.69, 9.17) is 5.73 Å². The minimum Gasteiger partial charge on any atom is -0.375 e. The van der Waals surface area contributed by atoms with Gasteiger partial charge in [-0.3, -0.25) is 4.79 Å². The third-order valence-corrected chi connectivity index (χ3v) is 3.49.